The smallest absolute Gasteiger partial charge is 0.252 e. The number of fused-ring (bicyclic) bond motifs is 1. The zero-order valence-electron chi connectivity index (χ0n) is 9.92. The van der Waals surface area contributed by atoms with Gasteiger partial charge in [-0.15, -0.1) is 0 Å². The van der Waals surface area contributed by atoms with Crippen molar-refractivity contribution in [2.45, 2.75) is 0 Å². The van der Waals surface area contributed by atoms with E-state index in [0.717, 1.165) is 22.2 Å². The van der Waals surface area contributed by atoms with Crippen molar-refractivity contribution in [1.82, 2.24) is 15.0 Å². The van der Waals surface area contributed by atoms with E-state index in [2.05, 4.69) is 15.0 Å². The molecule has 6 nitrogen and oxygen atoms in total. The molecule has 0 radical (unpaired) electrons. The first kappa shape index (κ1) is 11.2. The fourth-order valence-corrected chi connectivity index (χ4v) is 1.93. The molecule has 0 aliphatic carbocycles. The molecular weight excluding hydrogens is 242 g/mol. The zero-order chi connectivity index (χ0) is 13.4. The topological polar surface area (TPSA) is 111 Å². The van der Waals surface area contributed by atoms with Crippen LogP contribution in [0.15, 0.2) is 36.8 Å². The average Bonchev–Trinajstić information content (AvgIpc) is 2.86. The third-order valence-electron chi connectivity index (χ3n) is 2.92. The summed E-state index contributed by atoms with van der Waals surface area (Å²) in [6.07, 6.45) is 5.12. The Morgan fingerprint density at radius 3 is 2.68 bits per heavy atom. The summed E-state index contributed by atoms with van der Waals surface area (Å²) in [4.78, 5) is 22.5. The van der Waals surface area contributed by atoms with Crippen LogP contribution in [0.1, 0.15) is 10.4 Å². The number of aromatic amines is 1. The van der Waals surface area contributed by atoms with Crippen LogP contribution >= 0.6 is 0 Å². The van der Waals surface area contributed by atoms with E-state index in [-0.39, 0.29) is 11.4 Å². The van der Waals surface area contributed by atoms with E-state index in [4.69, 9.17) is 11.5 Å². The molecule has 0 saturated heterocycles. The molecule has 0 bridgehead atoms. The molecule has 6 heteroatoms. The number of amides is 1. The number of nitrogen functional groups attached to an aromatic ring is 1. The number of hydrogen-bond donors (Lipinski definition) is 3. The lowest BCUT2D eigenvalue weighted by Gasteiger charge is -2.05. The van der Waals surface area contributed by atoms with Gasteiger partial charge in [-0.05, 0) is 18.2 Å². The van der Waals surface area contributed by atoms with Gasteiger partial charge >= 0.3 is 0 Å². The number of primary amides is 1. The van der Waals surface area contributed by atoms with Gasteiger partial charge in [-0.1, -0.05) is 0 Å². The Bertz CT molecular complexity index is 778. The van der Waals surface area contributed by atoms with E-state index in [0.29, 0.717) is 0 Å². The van der Waals surface area contributed by atoms with Gasteiger partial charge < -0.3 is 16.5 Å². The summed E-state index contributed by atoms with van der Waals surface area (Å²) in [6, 6.07) is 5.50. The molecule has 3 aromatic heterocycles. The largest absolute Gasteiger partial charge is 0.383 e. The summed E-state index contributed by atoms with van der Waals surface area (Å²) in [6.45, 7) is 0. The van der Waals surface area contributed by atoms with E-state index >= 15 is 0 Å². The molecule has 0 unspecified atom stereocenters. The molecule has 0 atom stereocenters. The highest BCUT2D eigenvalue weighted by molar-refractivity contribution is 5.98. The molecule has 3 aromatic rings. The number of pyridine rings is 2. The summed E-state index contributed by atoms with van der Waals surface area (Å²) < 4.78 is 0. The van der Waals surface area contributed by atoms with Gasteiger partial charge in [-0.25, -0.2) is 9.97 Å². The second-order valence-corrected chi connectivity index (χ2v) is 4.16. The fourth-order valence-electron chi connectivity index (χ4n) is 1.93. The van der Waals surface area contributed by atoms with Gasteiger partial charge in [-0.2, -0.15) is 0 Å². The van der Waals surface area contributed by atoms with Crippen LogP contribution in [-0.2, 0) is 0 Å². The minimum absolute atomic E-state index is 0.131. The van der Waals surface area contributed by atoms with Crippen molar-refractivity contribution in [3.05, 3.63) is 42.4 Å². The standard InChI is InChI=1S/C13H11N5O/c14-11-10(12(15)19)4-9(5-17-11)8-3-7-1-2-16-13(7)18-6-8/h1-6H,(H2,14,17)(H2,15,19)(H,16,18). The molecule has 0 aromatic carbocycles. The fraction of sp³-hybridized carbons (Fsp3) is 0. The second-order valence-electron chi connectivity index (χ2n) is 4.16. The highest BCUT2D eigenvalue weighted by Gasteiger charge is 2.10. The number of hydrogen-bond acceptors (Lipinski definition) is 4. The summed E-state index contributed by atoms with van der Waals surface area (Å²) in [7, 11) is 0. The zero-order valence-corrected chi connectivity index (χ0v) is 9.92. The van der Waals surface area contributed by atoms with Crippen LogP contribution in [0.5, 0.6) is 0 Å². The minimum Gasteiger partial charge on any atom is -0.383 e. The quantitative estimate of drug-likeness (QED) is 0.639. The molecular formula is C13H11N5O. The van der Waals surface area contributed by atoms with Crippen LogP contribution in [-0.4, -0.2) is 20.9 Å². The molecule has 0 spiro atoms. The van der Waals surface area contributed by atoms with E-state index < -0.39 is 5.91 Å². The monoisotopic (exact) mass is 253 g/mol. The number of carbonyl (C=O) groups is 1. The van der Waals surface area contributed by atoms with Gasteiger partial charge in [0.25, 0.3) is 5.91 Å². The molecule has 0 saturated carbocycles. The lowest BCUT2D eigenvalue weighted by molar-refractivity contribution is 0.100. The van der Waals surface area contributed by atoms with Crippen LogP contribution < -0.4 is 11.5 Å². The van der Waals surface area contributed by atoms with Crippen molar-refractivity contribution in [3.63, 3.8) is 0 Å². The second kappa shape index (κ2) is 4.09. The minimum atomic E-state index is -0.595. The molecule has 3 rings (SSSR count). The van der Waals surface area contributed by atoms with Gasteiger partial charge in [0.15, 0.2) is 0 Å². The van der Waals surface area contributed by atoms with Gasteiger partial charge in [0.05, 0.1) is 5.56 Å². The number of nitrogens with zero attached hydrogens (tertiary/aromatic N) is 2. The number of rotatable bonds is 2. The third-order valence-corrected chi connectivity index (χ3v) is 2.92. The van der Waals surface area contributed by atoms with Crippen molar-refractivity contribution in [3.8, 4) is 11.1 Å². The Kier molecular flexibility index (Phi) is 2.42. The first-order valence-electron chi connectivity index (χ1n) is 5.64. The molecule has 5 N–H and O–H groups in total. The van der Waals surface area contributed by atoms with E-state index in [1.165, 1.54) is 0 Å². The average molecular weight is 253 g/mol. The van der Waals surface area contributed by atoms with Crippen molar-refractivity contribution in [2.75, 3.05) is 5.73 Å². The van der Waals surface area contributed by atoms with Gasteiger partial charge in [0, 0.05) is 35.1 Å². The third kappa shape index (κ3) is 1.89. The molecule has 0 fully saturated rings. The van der Waals surface area contributed by atoms with E-state index in [1.54, 1.807) is 18.5 Å². The maximum absolute atomic E-state index is 11.3. The molecule has 0 aliphatic rings. The normalized spacial score (nSPS) is 10.7. The van der Waals surface area contributed by atoms with Gasteiger partial charge in [0.2, 0.25) is 0 Å². The van der Waals surface area contributed by atoms with Crippen LogP contribution in [0.25, 0.3) is 22.2 Å². The molecule has 1 amide bonds. The maximum Gasteiger partial charge on any atom is 0.252 e. The van der Waals surface area contributed by atoms with Crippen LogP contribution in [0.4, 0.5) is 5.82 Å². The van der Waals surface area contributed by atoms with Crippen LogP contribution in [0, 0.1) is 0 Å². The van der Waals surface area contributed by atoms with Crippen molar-refractivity contribution < 1.29 is 4.79 Å². The molecule has 3 heterocycles. The summed E-state index contributed by atoms with van der Waals surface area (Å²) >= 11 is 0. The van der Waals surface area contributed by atoms with Crippen molar-refractivity contribution >= 4 is 22.8 Å². The Balaban J connectivity index is 2.15. The van der Waals surface area contributed by atoms with E-state index in [9.17, 15) is 4.79 Å². The lowest BCUT2D eigenvalue weighted by atomic mass is 10.1. The van der Waals surface area contributed by atoms with Gasteiger partial charge in [-0.3, -0.25) is 4.79 Å². The number of aromatic nitrogens is 3. The number of nitrogens with two attached hydrogens (primary N) is 2. The van der Waals surface area contributed by atoms with E-state index in [1.807, 2.05) is 18.3 Å². The number of H-pyrrole nitrogens is 1. The summed E-state index contributed by atoms with van der Waals surface area (Å²) in [5.74, 6) is -0.463. The number of nitrogens with one attached hydrogen (secondary N) is 1. The number of carbonyl (C=O) groups excluding carboxylic acids is 1. The highest BCUT2D eigenvalue weighted by Crippen LogP contribution is 2.23. The predicted octanol–water partition coefficient (Wildman–Crippen LogP) is 1.31. The Hall–Kier alpha value is -2.89. The lowest BCUT2D eigenvalue weighted by Crippen LogP contribution is -2.14. The summed E-state index contributed by atoms with van der Waals surface area (Å²) in [5.41, 5.74) is 13.5. The van der Waals surface area contributed by atoms with Crippen molar-refractivity contribution in [1.29, 1.82) is 0 Å². The van der Waals surface area contributed by atoms with Crippen LogP contribution in [0.2, 0.25) is 0 Å². The SMILES string of the molecule is NC(=O)c1cc(-c2cnc3[nH]ccc3c2)cnc1N. The molecule has 94 valence electrons. The Morgan fingerprint density at radius 1 is 1.16 bits per heavy atom. The van der Waals surface area contributed by atoms with Crippen molar-refractivity contribution in [2.24, 2.45) is 5.73 Å². The van der Waals surface area contributed by atoms with Gasteiger partial charge in [0.1, 0.15) is 11.5 Å². The highest BCUT2D eigenvalue weighted by atomic mass is 16.1. The molecule has 19 heavy (non-hydrogen) atoms. The Labute approximate surface area is 108 Å². The Morgan fingerprint density at radius 2 is 1.89 bits per heavy atom. The summed E-state index contributed by atoms with van der Waals surface area (Å²) in [5, 5.41) is 0.981. The number of anilines is 1. The molecule has 0 aliphatic heterocycles. The first-order chi connectivity index (χ1) is 9.15. The maximum atomic E-state index is 11.3. The van der Waals surface area contributed by atoms with Crippen LogP contribution in [0.3, 0.4) is 0 Å². The first-order valence-corrected chi connectivity index (χ1v) is 5.64. The predicted molar refractivity (Wildman–Crippen MR) is 72.3 cm³/mol.